The molecule has 4 aromatic rings. The smallest absolute Gasteiger partial charge is 0.326 e. The van der Waals surface area contributed by atoms with Crippen molar-refractivity contribution in [2.24, 2.45) is 0 Å². The van der Waals surface area contributed by atoms with Crippen LogP contribution in [0.15, 0.2) is 54.6 Å². The number of benzene rings is 2. The lowest BCUT2D eigenvalue weighted by molar-refractivity contribution is -0.186. The van der Waals surface area contributed by atoms with E-state index < -0.39 is 12.1 Å². The highest BCUT2D eigenvalue weighted by Gasteiger charge is 2.42. The maximum atomic E-state index is 13.2. The minimum absolute atomic E-state index is 0.182. The number of tetrazole rings is 1. The molecule has 0 atom stereocenters. The summed E-state index contributed by atoms with van der Waals surface area (Å²) in [6.07, 6.45) is -4.98. The zero-order chi connectivity index (χ0) is 20.6. The van der Waals surface area contributed by atoms with Crippen LogP contribution < -0.4 is 0 Å². The number of nitrogens with zero attached hydrogens (tertiary/aromatic N) is 5. The van der Waals surface area contributed by atoms with E-state index >= 15 is 0 Å². The number of fused-ring (bicyclic) bond motifs is 3. The zero-order valence-electron chi connectivity index (χ0n) is 15.4. The van der Waals surface area contributed by atoms with Gasteiger partial charge in [0.05, 0.1) is 12.1 Å². The minimum atomic E-state index is -4.98. The topological polar surface area (TPSA) is 63.4 Å². The van der Waals surface area contributed by atoms with Gasteiger partial charge in [-0.1, -0.05) is 48.5 Å². The Bertz CT molecular complexity index is 1190. The third-order valence-electron chi connectivity index (χ3n) is 4.67. The number of pyridine rings is 1. The average molecular weight is 399 g/mol. The van der Waals surface area contributed by atoms with Gasteiger partial charge in [0.1, 0.15) is 0 Å². The van der Waals surface area contributed by atoms with Gasteiger partial charge >= 0.3 is 12.1 Å². The van der Waals surface area contributed by atoms with E-state index in [0.29, 0.717) is 16.8 Å². The molecule has 29 heavy (non-hydrogen) atoms. The maximum Gasteiger partial charge on any atom is 0.471 e. The first-order valence-electron chi connectivity index (χ1n) is 8.84. The van der Waals surface area contributed by atoms with Crippen molar-refractivity contribution in [3.05, 3.63) is 71.3 Å². The molecule has 0 fully saturated rings. The van der Waals surface area contributed by atoms with Crippen LogP contribution in [0.2, 0.25) is 0 Å². The lowest BCUT2D eigenvalue weighted by Gasteiger charge is -2.24. The van der Waals surface area contributed by atoms with Crippen LogP contribution in [0.4, 0.5) is 13.2 Å². The lowest BCUT2D eigenvalue weighted by Crippen LogP contribution is -2.40. The van der Waals surface area contributed by atoms with Gasteiger partial charge in [0.2, 0.25) is 0 Å². The summed E-state index contributed by atoms with van der Waals surface area (Å²) in [5, 5.41) is 12.4. The van der Waals surface area contributed by atoms with Gasteiger partial charge in [-0.2, -0.15) is 17.7 Å². The quantitative estimate of drug-likeness (QED) is 0.525. The largest absolute Gasteiger partial charge is 0.471 e. The molecule has 0 aliphatic carbocycles. The molecular formula is C20H16F3N5O. The van der Waals surface area contributed by atoms with Gasteiger partial charge in [-0.05, 0) is 34.5 Å². The number of amides is 1. The van der Waals surface area contributed by atoms with E-state index in [1.165, 1.54) is 4.52 Å². The van der Waals surface area contributed by atoms with Crippen LogP contribution in [0.25, 0.3) is 16.6 Å². The molecule has 2 heterocycles. The van der Waals surface area contributed by atoms with Gasteiger partial charge in [-0.15, -0.1) is 5.10 Å². The third kappa shape index (κ3) is 3.63. The second-order valence-corrected chi connectivity index (χ2v) is 6.74. The number of rotatable bonds is 4. The van der Waals surface area contributed by atoms with Crippen LogP contribution in [0, 0.1) is 6.92 Å². The number of hydrogen-bond acceptors (Lipinski definition) is 4. The van der Waals surface area contributed by atoms with Crippen LogP contribution in [-0.2, 0) is 17.9 Å². The summed E-state index contributed by atoms with van der Waals surface area (Å²) in [5.74, 6) is -1.91. The van der Waals surface area contributed by atoms with Crippen molar-refractivity contribution < 1.29 is 18.0 Å². The Morgan fingerprint density at radius 3 is 2.55 bits per heavy atom. The Morgan fingerprint density at radius 1 is 1.07 bits per heavy atom. The highest BCUT2D eigenvalue weighted by atomic mass is 19.4. The van der Waals surface area contributed by atoms with Crippen LogP contribution in [0.1, 0.15) is 16.7 Å². The van der Waals surface area contributed by atoms with Crippen molar-refractivity contribution in [1.29, 1.82) is 0 Å². The first kappa shape index (κ1) is 18.9. The number of carbonyl (C=O) groups is 1. The molecule has 0 aliphatic heterocycles. The normalized spacial score (nSPS) is 11.9. The molecular weight excluding hydrogens is 383 g/mol. The molecule has 0 spiro atoms. The summed E-state index contributed by atoms with van der Waals surface area (Å²) in [7, 11) is 0. The summed E-state index contributed by atoms with van der Waals surface area (Å²) < 4.78 is 41.2. The van der Waals surface area contributed by atoms with E-state index in [-0.39, 0.29) is 13.1 Å². The van der Waals surface area contributed by atoms with Crippen molar-refractivity contribution in [2.45, 2.75) is 26.2 Å². The van der Waals surface area contributed by atoms with E-state index in [1.54, 1.807) is 36.4 Å². The number of aryl methyl sites for hydroxylation is 1. The fourth-order valence-corrected chi connectivity index (χ4v) is 3.38. The highest BCUT2D eigenvalue weighted by molar-refractivity contribution is 5.86. The molecule has 148 valence electrons. The standard InChI is InChI=1S/C20H16F3N5O/c1-13-6-5-9-15-10-16(18-24-25-26-28(18)17(13)15)12-27(19(29)20(21,22)23)11-14-7-3-2-4-8-14/h2-10H,11-12H2,1H3. The Balaban J connectivity index is 1.80. The predicted molar refractivity (Wildman–Crippen MR) is 99.8 cm³/mol. The summed E-state index contributed by atoms with van der Waals surface area (Å²) >= 11 is 0. The van der Waals surface area contributed by atoms with E-state index in [0.717, 1.165) is 21.4 Å². The summed E-state index contributed by atoms with van der Waals surface area (Å²) in [6, 6.07) is 15.9. The van der Waals surface area contributed by atoms with Crippen molar-refractivity contribution in [3.8, 4) is 0 Å². The molecule has 6 nitrogen and oxygen atoms in total. The van der Waals surface area contributed by atoms with Crippen LogP contribution >= 0.6 is 0 Å². The summed E-state index contributed by atoms with van der Waals surface area (Å²) in [6.45, 7) is 1.44. The van der Waals surface area contributed by atoms with Crippen molar-refractivity contribution in [3.63, 3.8) is 0 Å². The second kappa shape index (κ2) is 7.16. The Hall–Kier alpha value is -3.49. The predicted octanol–water partition coefficient (Wildman–Crippen LogP) is 3.68. The highest BCUT2D eigenvalue weighted by Crippen LogP contribution is 2.26. The van der Waals surface area contributed by atoms with Crippen molar-refractivity contribution in [1.82, 2.24) is 24.9 Å². The molecule has 0 radical (unpaired) electrons. The number of halogens is 3. The number of alkyl halides is 3. The Morgan fingerprint density at radius 2 is 1.83 bits per heavy atom. The molecule has 2 aromatic heterocycles. The van der Waals surface area contributed by atoms with Crippen molar-refractivity contribution in [2.75, 3.05) is 0 Å². The van der Waals surface area contributed by atoms with E-state index in [4.69, 9.17) is 0 Å². The van der Waals surface area contributed by atoms with Crippen molar-refractivity contribution >= 4 is 22.5 Å². The fourth-order valence-electron chi connectivity index (χ4n) is 3.38. The Labute approximate surface area is 163 Å². The molecule has 0 aliphatic rings. The van der Waals surface area contributed by atoms with Crippen LogP contribution in [0.3, 0.4) is 0 Å². The first-order chi connectivity index (χ1) is 13.8. The van der Waals surface area contributed by atoms with Gasteiger partial charge in [0.15, 0.2) is 5.65 Å². The fraction of sp³-hybridized carbons (Fsp3) is 0.200. The van der Waals surface area contributed by atoms with E-state index in [9.17, 15) is 18.0 Å². The molecule has 0 saturated heterocycles. The van der Waals surface area contributed by atoms with Gasteiger partial charge < -0.3 is 4.90 Å². The second-order valence-electron chi connectivity index (χ2n) is 6.74. The average Bonchev–Trinajstić information content (AvgIpc) is 3.17. The number of carbonyl (C=O) groups excluding carboxylic acids is 1. The number of hydrogen-bond donors (Lipinski definition) is 0. The number of para-hydroxylation sites is 1. The maximum absolute atomic E-state index is 13.2. The first-order valence-corrected chi connectivity index (χ1v) is 8.84. The molecule has 2 aromatic carbocycles. The minimum Gasteiger partial charge on any atom is -0.326 e. The van der Waals surface area contributed by atoms with Gasteiger partial charge in [0.25, 0.3) is 0 Å². The molecule has 1 amide bonds. The van der Waals surface area contributed by atoms with Gasteiger partial charge in [-0.25, -0.2) is 0 Å². The van der Waals surface area contributed by atoms with Crippen LogP contribution in [0.5, 0.6) is 0 Å². The lowest BCUT2D eigenvalue weighted by atomic mass is 10.1. The Kier molecular flexibility index (Phi) is 4.65. The monoisotopic (exact) mass is 399 g/mol. The van der Waals surface area contributed by atoms with E-state index in [2.05, 4.69) is 15.5 Å². The summed E-state index contributed by atoms with van der Waals surface area (Å²) in [4.78, 5) is 12.9. The molecule has 0 unspecified atom stereocenters. The molecule has 4 rings (SSSR count). The molecule has 0 N–H and O–H groups in total. The third-order valence-corrected chi connectivity index (χ3v) is 4.67. The zero-order valence-corrected chi connectivity index (χ0v) is 15.4. The molecule has 0 bridgehead atoms. The SMILES string of the molecule is Cc1cccc2cc(CN(Cc3ccccc3)C(=O)C(F)(F)F)c3nnnn3c12. The van der Waals surface area contributed by atoms with E-state index in [1.807, 2.05) is 25.1 Å². The molecule has 0 saturated carbocycles. The summed E-state index contributed by atoms with van der Waals surface area (Å²) in [5.41, 5.74) is 3.05. The molecule has 9 heteroatoms. The van der Waals surface area contributed by atoms with Gasteiger partial charge in [0, 0.05) is 17.5 Å². The number of aromatic nitrogens is 4. The van der Waals surface area contributed by atoms with Crippen LogP contribution in [-0.4, -0.2) is 37.0 Å². The van der Waals surface area contributed by atoms with Gasteiger partial charge in [-0.3, -0.25) is 4.79 Å².